The molecule has 0 aliphatic heterocycles. The van der Waals surface area contributed by atoms with Gasteiger partial charge in [-0.25, -0.2) is 0 Å². The molecule has 4 rings (SSSR count). The Morgan fingerprint density at radius 3 is 0.560 bits per heavy atom. The van der Waals surface area contributed by atoms with Gasteiger partial charge in [-0.05, 0) is 68.7 Å². The first-order chi connectivity index (χ1) is 11.4. The number of fused-ring (bicyclic) bond motifs is 6. The molecule has 7 nitrogen and oxygen atoms in total. The van der Waals surface area contributed by atoms with Crippen LogP contribution in [0, 0.1) is 0 Å². The first-order valence-corrected chi connectivity index (χ1v) is 7.06. The maximum absolute atomic E-state index is 9.82. The van der Waals surface area contributed by atoms with Crippen LogP contribution >= 0.6 is 0 Å². The molecule has 0 fully saturated rings. The van der Waals surface area contributed by atoms with Crippen LogP contribution in [0.1, 0.15) is 0 Å². The van der Waals surface area contributed by atoms with Crippen LogP contribution in [0.5, 0.6) is 34.5 Å². The van der Waals surface area contributed by atoms with Crippen molar-refractivity contribution >= 4 is 32.3 Å². The minimum Gasteiger partial charge on any atom is -0.504 e. The van der Waals surface area contributed by atoms with Gasteiger partial charge in [0.25, 0.3) is 0 Å². The molecule has 0 spiro atoms. The molecule has 8 N–H and O–H groups in total. The van der Waals surface area contributed by atoms with Crippen LogP contribution in [-0.4, -0.2) is 36.1 Å². The standard InChI is InChI=1S/C18H12O6.H2O/c19-13-1-7-8(2-14(13)20)10-4-17(23)18(24)6-12(10)11-5-16(22)15(21)3-9(7)11;/h1-6,19-24H;1H2. The van der Waals surface area contributed by atoms with Crippen molar-refractivity contribution in [3.05, 3.63) is 36.4 Å². The van der Waals surface area contributed by atoms with Crippen LogP contribution in [0.3, 0.4) is 0 Å². The lowest BCUT2D eigenvalue weighted by Gasteiger charge is -2.13. The van der Waals surface area contributed by atoms with Gasteiger partial charge in [0.15, 0.2) is 34.5 Å². The molecule has 0 aromatic heterocycles. The van der Waals surface area contributed by atoms with Gasteiger partial charge in [0.2, 0.25) is 0 Å². The Hall–Kier alpha value is -3.58. The smallest absolute Gasteiger partial charge is 0.158 e. The fourth-order valence-electron chi connectivity index (χ4n) is 3.07. The van der Waals surface area contributed by atoms with Gasteiger partial charge in [0.05, 0.1) is 0 Å². The van der Waals surface area contributed by atoms with E-state index in [1.807, 2.05) is 0 Å². The van der Waals surface area contributed by atoms with Crippen LogP contribution in [0.15, 0.2) is 36.4 Å². The van der Waals surface area contributed by atoms with Crippen LogP contribution in [0.4, 0.5) is 0 Å². The Morgan fingerprint density at radius 2 is 0.440 bits per heavy atom. The number of aromatic hydroxyl groups is 6. The van der Waals surface area contributed by atoms with Crippen molar-refractivity contribution in [3.8, 4) is 34.5 Å². The van der Waals surface area contributed by atoms with Crippen molar-refractivity contribution in [2.24, 2.45) is 0 Å². The summed E-state index contributed by atoms with van der Waals surface area (Å²) in [5.41, 5.74) is 0. The highest BCUT2D eigenvalue weighted by Gasteiger charge is 2.16. The molecule has 7 heteroatoms. The van der Waals surface area contributed by atoms with Gasteiger partial charge in [0, 0.05) is 0 Å². The third-order valence-corrected chi connectivity index (χ3v) is 4.21. The molecule has 0 radical (unpaired) electrons. The van der Waals surface area contributed by atoms with Gasteiger partial charge in [-0.2, -0.15) is 0 Å². The molecule has 0 unspecified atom stereocenters. The summed E-state index contributed by atoms with van der Waals surface area (Å²) in [6.45, 7) is 0. The number of rotatable bonds is 0. The average Bonchev–Trinajstić information content (AvgIpc) is 2.53. The summed E-state index contributed by atoms with van der Waals surface area (Å²) in [6, 6.07) is 8.04. The van der Waals surface area contributed by atoms with Crippen molar-refractivity contribution in [3.63, 3.8) is 0 Å². The zero-order chi connectivity index (χ0) is 17.2. The molecule has 0 aliphatic rings. The van der Waals surface area contributed by atoms with Crippen LogP contribution < -0.4 is 0 Å². The number of benzene rings is 4. The molecule has 0 aliphatic carbocycles. The fraction of sp³-hybridized carbons (Fsp3) is 0. The van der Waals surface area contributed by atoms with E-state index in [2.05, 4.69) is 0 Å². The number of phenolic OH excluding ortho intramolecular Hbond substituents is 6. The van der Waals surface area contributed by atoms with E-state index in [1.54, 1.807) is 0 Å². The van der Waals surface area contributed by atoms with Crippen LogP contribution in [-0.2, 0) is 0 Å². The number of hydrogen-bond donors (Lipinski definition) is 6. The Bertz CT molecular complexity index is 898. The Morgan fingerprint density at radius 1 is 0.320 bits per heavy atom. The van der Waals surface area contributed by atoms with Gasteiger partial charge in [-0.3, -0.25) is 0 Å². The Labute approximate surface area is 140 Å². The summed E-state index contributed by atoms with van der Waals surface area (Å²) in [4.78, 5) is 0. The lowest BCUT2D eigenvalue weighted by molar-refractivity contribution is 0.404. The first-order valence-electron chi connectivity index (χ1n) is 7.06. The lowest BCUT2D eigenvalue weighted by atomic mass is 9.93. The van der Waals surface area contributed by atoms with E-state index in [-0.39, 0.29) is 40.0 Å². The summed E-state index contributed by atoms with van der Waals surface area (Å²) in [5.74, 6) is -2.01. The van der Waals surface area contributed by atoms with Crippen molar-refractivity contribution in [2.45, 2.75) is 0 Å². The summed E-state index contributed by atoms with van der Waals surface area (Å²) in [5, 5.41) is 62.0. The maximum atomic E-state index is 9.82. The lowest BCUT2D eigenvalue weighted by Crippen LogP contribution is -1.85. The largest absolute Gasteiger partial charge is 0.504 e. The minimum atomic E-state index is -0.335. The highest BCUT2D eigenvalue weighted by atomic mass is 16.3. The van der Waals surface area contributed by atoms with E-state index in [9.17, 15) is 30.6 Å². The molecule has 4 aromatic carbocycles. The second-order valence-corrected chi connectivity index (χ2v) is 5.66. The first kappa shape index (κ1) is 16.3. The summed E-state index contributed by atoms with van der Waals surface area (Å²) >= 11 is 0. The zero-order valence-corrected chi connectivity index (χ0v) is 12.6. The van der Waals surface area contributed by atoms with Gasteiger partial charge < -0.3 is 36.1 Å². The van der Waals surface area contributed by atoms with E-state index in [1.165, 1.54) is 36.4 Å². The van der Waals surface area contributed by atoms with Crippen LogP contribution in [0.2, 0.25) is 0 Å². The molecule has 0 atom stereocenters. The third kappa shape index (κ3) is 2.18. The van der Waals surface area contributed by atoms with E-state index in [0.717, 1.165) is 0 Å². The molecule has 0 bridgehead atoms. The van der Waals surface area contributed by atoms with E-state index in [0.29, 0.717) is 32.3 Å². The predicted octanol–water partition coefficient (Wildman–Crippen LogP) is 2.56. The van der Waals surface area contributed by atoms with Gasteiger partial charge >= 0.3 is 0 Å². The molecule has 4 aromatic rings. The Kier molecular flexibility index (Phi) is 3.40. The minimum absolute atomic E-state index is 0. The highest BCUT2D eigenvalue weighted by Crippen LogP contribution is 2.45. The van der Waals surface area contributed by atoms with Crippen molar-refractivity contribution in [2.75, 3.05) is 0 Å². The van der Waals surface area contributed by atoms with Crippen LogP contribution in [0.25, 0.3) is 32.3 Å². The second kappa shape index (κ2) is 5.22. The summed E-state index contributed by atoms with van der Waals surface area (Å²) in [6.07, 6.45) is 0. The number of hydrogen-bond acceptors (Lipinski definition) is 6. The normalized spacial score (nSPS) is 11.0. The second-order valence-electron chi connectivity index (χ2n) is 5.66. The third-order valence-electron chi connectivity index (χ3n) is 4.21. The SMILES string of the molecule is O.Oc1cc2c3cc(O)c(O)cc3c3cc(O)c(O)cc3c2cc1O. The molecular weight excluding hydrogens is 328 g/mol. The maximum Gasteiger partial charge on any atom is 0.158 e. The van der Waals surface area contributed by atoms with Gasteiger partial charge in [-0.1, -0.05) is 0 Å². The molecule has 0 saturated carbocycles. The van der Waals surface area contributed by atoms with E-state index < -0.39 is 0 Å². The monoisotopic (exact) mass is 342 g/mol. The van der Waals surface area contributed by atoms with Gasteiger partial charge in [0.1, 0.15) is 0 Å². The van der Waals surface area contributed by atoms with Crippen molar-refractivity contribution in [1.29, 1.82) is 0 Å². The number of phenols is 6. The predicted molar refractivity (Wildman–Crippen MR) is 92.6 cm³/mol. The fourth-order valence-corrected chi connectivity index (χ4v) is 3.07. The molecule has 0 heterocycles. The van der Waals surface area contributed by atoms with Gasteiger partial charge in [-0.15, -0.1) is 0 Å². The molecule has 0 amide bonds. The van der Waals surface area contributed by atoms with Crippen molar-refractivity contribution < 1.29 is 36.1 Å². The average molecular weight is 342 g/mol. The topological polar surface area (TPSA) is 153 Å². The molecule has 25 heavy (non-hydrogen) atoms. The summed E-state index contributed by atoms with van der Waals surface area (Å²) in [7, 11) is 0. The quantitative estimate of drug-likeness (QED) is 0.213. The van der Waals surface area contributed by atoms with E-state index >= 15 is 0 Å². The molecular formula is C18H14O7. The summed E-state index contributed by atoms with van der Waals surface area (Å²) < 4.78 is 0. The van der Waals surface area contributed by atoms with Crippen molar-refractivity contribution in [1.82, 2.24) is 0 Å². The molecule has 128 valence electrons. The molecule has 0 saturated heterocycles. The van der Waals surface area contributed by atoms with E-state index in [4.69, 9.17) is 0 Å². The Balaban J connectivity index is 0.00000182. The highest BCUT2D eigenvalue weighted by molar-refractivity contribution is 6.26. The zero-order valence-electron chi connectivity index (χ0n) is 12.6.